The summed E-state index contributed by atoms with van der Waals surface area (Å²) < 4.78 is 65.7. The van der Waals surface area contributed by atoms with Crippen LogP contribution in [0.3, 0.4) is 0 Å². The molecule has 30 heavy (non-hydrogen) atoms. The van der Waals surface area contributed by atoms with E-state index >= 15 is 0 Å². The van der Waals surface area contributed by atoms with Crippen molar-refractivity contribution in [3.05, 3.63) is 65.2 Å². The Morgan fingerprint density at radius 3 is 2.20 bits per heavy atom. The summed E-state index contributed by atoms with van der Waals surface area (Å²) in [6.45, 7) is -0.275. The fourth-order valence-electron chi connectivity index (χ4n) is 3.72. The third-order valence-electron chi connectivity index (χ3n) is 5.41. The van der Waals surface area contributed by atoms with Gasteiger partial charge in [-0.1, -0.05) is 12.1 Å². The van der Waals surface area contributed by atoms with Crippen LogP contribution in [0, 0.1) is 11.6 Å². The first-order valence-electron chi connectivity index (χ1n) is 9.06. The van der Waals surface area contributed by atoms with Crippen LogP contribution in [0.2, 0.25) is 0 Å². The summed E-state index contributed by atoms with van der Waals surface area (Å²) in [5.74, 6) is -2.79. The first-order valence-corrected chi connectivity index (χ1v) is 9.06. The number of hydrogen-bond donors (Lipinski definition) is 1. The molecule has 0 aromatic heterocycles. The third-order valence-corrected chi connectivity index (χ3v) is 5.41. The molecule has 0 radical (unpaired) electrons. The zero-order valence-electron chi connectivity index (χ0n) is 15.5. The molecule has 1 N–H and O–H groups in total. The summed E-state index contributed by atoms with van der Waals surface area (Å²) in [5.41, 5.74) is -1.86. The van der Waals surface area contributed by atoms with E-state index in [2.05, 4.69) is 5.32 Å². The van der Waals surface area contributed by atoms with Crippen LogP contribution in [-0.2, 0) is 22.3 Å². The standard InChI is InChI=1S/C20H16F5N3O2/c21-14-5-6-16(15(22)7-14)27-9-17(29)28(19(18(27)30)10-26-11-19)8-12-1-3-13(4-2-12)20(23,24)25/h1-7,26H,8-11H2. The molecule has 1 spiro atoms. The van der Waals surface area contributed by atoms with Gasteiger partial charge in [0.15, 0.2) is 0 Å². The zero-order valence-corrected chi connectivity index (χ0v) is 15.5. The summed E-state index contributed by atoms with van der Waals surface area (Å²) in [6, 6.07) is 7.07. The van der Waals surface area contributed by atoms with Gasteiger partial charge in [0.05, 0.1) is 11.3 Å². The number of carbonyl (C=O) groups is 2. The molecule has 0 bridgehead atoms. The van der Waals surface area contributed by atoms with Crippen LogP contribution < -0.4 is 10.2 Å². The lowest BCUT2D eigenvalue weighted by Gasteiger charge is -2.54. The number of halogens is 5. The van der Waals surface area contributed by atoms with Crippen LogP contribution in [-0.4, -0.2) is 41.9 Å². The molecule has 158 valence electrons. The van der Waals surface area contributed by atoms with Crippen LogP contribution in [0.4, 0.5) is 27.6 Å². The molecular weight excluding hydrogens is 409 g/mol. The topological polar surface area (TPSA) is 52.7 Å². The van der Waals surface area contributed by atoms with Gasteiger partial charge < -0.3 is 10.2 Å². The van der Waals surface area contributed by atoms with E-state index in [0.29, 0.717) is 11.6 Å². The number of amides is 2. The van der Waals surface area contributed by atoms with Gasteiger partial charge in [-0.05, 0) is 29.8 Å². The Morgan fingerprint density at radius 1 is 1.00 bits per heavy atom. The molecule has 0 atom stereocenters. The third kappa shape index (κ3) is 3.30. The van der Waals surface area contributed by atoms with Crippen molar-refractivity contribution < 1.29 is 31.5 Å². The van der Waals surface area contributed by atoms with Crippen LogP contribution in [0.5, 0.6) is 0 Å². The first-order chi connectivity index (χ1) is 14.1. The molecule has 2 aliphatic rings. The molecule has 2 aromatic carbocycles. The van der Waals surface area contributed by atoms with E-state index in [1.54, 1.807) is 0 Å². The van der Waals surface area contributed by atoms with Crippen LogP contribution >= 0.6 is 0 Å². The van der Waals surface area contributed by atoms with E-state index in [9.17, 15) is 31.5 Å². The fraction of sp³-hybridized carbons (Fsp3) is 0.300. The minimum Gasteiger partial charge on any atom is -0.320 e. The second-order valence-corrected chi connectivity index (χ2v) is 7.30. The number of carbonyl (C=O) groups excluding carboxylic acids is 2. The van der Waals surface area contributed by atoms with Gasteiger partial charge >= 0.3 is 6.18 Å². The molecule has 2 aromatic rings. The lowest BCUT2D eigenvalue weighted by atomic mass is 9.85. The maximum Gasteiger partial charge on any atom is 0.416 e. The Hall–Kier alpha value is -3.01. The second-order valence-electron chi connectivity index (χ2n) is 7.30. The molecule has 2 saturated heterocycles. The SMILES string of the molecule is O=C1CN(c2ccc(F)cc2F)C(=O)C2(CNC2)N1Cc1ccc(C(F)(F)F)cc1. The molecule has 2 heterocycles. The van der Waals surface area contributed by atoms with Gasteiger partial charge in [0.2, 0.25) is 5.91 Å². The number of nitrogens with zero attached hydrogens (tertiary/aromatic N) is 2. The van der Waals surface area contributed by atoms with E-state index in [1.807, 2.05) is 0 Å². The van der Waals surface area contributed by atoms with Crippen molar-refractivity contribution >= 4 is 17.5 Å². The van der Waals surface area contributed by atoms with Crippen molar-refractivity contribution in [2.75, 3.05) is 24.5 Å². The molecule has 2 fully saturated rings. The Bertz CT molecular complexity index is 1000. The smallest absolute Gasteiger partial charge is 0.320 e. The number of hydrogen-bond acceptors (Lipinski definition) is 3. The fourth-order valence-corrected chi connectivity index (χ4v) is 3.72. The van der Waals surface area contributed by atoms with Crippen molar-refractivity contribution in [1.29, 1.82) is 0 Å². The number of piperazine rings is 1. The average Bonchev–Trinajstić information content (AvgIpc) is 2.63. The molecule has 2 amide bonds. The van der Waals surface area contributed by atoms with Gasteiger partial charge in [-0.2, -0.15) is 13.2 Å². The van der Waals surface area contributed by atoms with Gasteiger partial charge in [0, 0.05) is 25.7 Å². The van der Waals surface area contributed by atoms with Crippen molar-refractivity contribution in [2.24, 2.45) is 0 Å². The van der Waals surface area contributed by atoms with Gasteiger partial charge in [0.1, 0.15) is 23.7 Å². The summed E-state index contributed by atoms with van der Waals surface area (Å²) in [4.78, 5) is 28.3. The highest BCUT2D eigenvalue weighted by Crippen LogP contribution is 2.34. The highest BCUT2D eigenvalue weighted by atomic mass is 19.4. The van der Waals surface area contributed by atoms with Crippen molar-refractivity contribution in [3.8, 4) is 0 Å². The number of nitrogens with one attached hydrogen (secondary N) is 1. The highest BCUT2D eigenvalue weighted by molar-refractivity contribution is 6.10. The minimum absolute atomic E-state index is 0.0653. The molecular formula is C20H16F5N3O2. The average molecular weight is 425 g/mol. The van der Waals surface area contributed by atoms with Gasteiger partial charge in [0.25, 0.3) is 5.91 Å². The summed E-state index contributed by atoms with van der Waals surface area (Å²) >= 11 is 0. The number of rotatable bonds is 3. The Balaban J connectivity index is 1.62. The van der Waals surface area contributed by atoms with Crippen LogP contribution in [0.15, 0.2) is 42.5 Å². The summed E-state index contributed by atoms with van der Waals surface area (Å²) in [5, 5.41) is 2.92. The number of alkyl halides is 3. The van der Waals surface area contributed by atoms with E-state index in [0.717, 1.165) is 29.2 Å². The molecule has 10 heteroatoms. The monoisotopic (exact) mass is 425 g/mol. The summed E-state index contributed by atoms with van der Waals surface area (Å²) in [6.07, 6.45) is -4.48. The largest absolute Gasteiger partial charge is 0.416 e. The zero-order chi connectivity index (χ0) is 21.7. The van der Waals surface area contributed by atoms with Crippen molar-refractivity contribution in [3.63, 3.8) is 0 Å². The Kier molecular flexibility index (Phi) is 4.76. The maximum absolute atomic E-state index is 14.2. The summed E-state index contributed by atoms with van der Waals surface area (Å²) in [7, 11) is 0. The predicted molar refractivity (Wildman–Crippen MR) is 96.3 cm³/mol. The van der Waals surface area contributed by atoms with Crippen molar-refractivity contribution in [1.82, 2.24) is 10.2 Å². The van der Waals surface area contributed by atoms with Crippen LogP contribution in [0.1, 0.15) is 11.1 Å². The lowest BCUT2D eigenvalue weighted by molar-refractivity contribution is -0.155. The maximum atomic E-state index is 14.2. The van der Waals surface area contributed by atoms with Gasteiger partial charge in [-0.3, -0.25) is 14.5 Å². The van der Waals surface area contributed by atoms with Gasteiger partial charge in [-0.25, -0.2) is 8.78 Å². The van der Waals surface area contributed by atoms with Crippen LogP contribution in [0.25, 0.3) is 0 Å². The van der Waals surface area contributed by atoms with Gasteiger partial charge in [-0.15, -0.1) is 0 Å². The van der Waals surface area contributed by atoms with Crippen molar-refractivity contribution in [2.45, 2.75) is 18.3 Å². The number of benzene rings is 2. The predicted octanol–water partition coefficient (Wildman–Crippen LogP) is 2.70. The first kappa shape index (κ1) is 20.3. The molecule has 4 rings (SSSR count). The van der Waals surface area contributed by atoms with E-state index in [1.165, 1.54) is 17.0 Å². The molecule has 0 unspecified atom stereocenters. The number of anilines is 1. The molecule has 2 aliphatic heterocycles. The molecule has 5 nitrogen and oxygen atoms in total. The van der Waals surface area contributed by atoms with E-state index in [4.69, 9.17) is 0 Å². The minimum atomic E-state index is -4.48. The highest BCUT2D eigenvalue weighted by Gasteiger charge is 2.56. The second kappa shape index (κ2) is 7.05. The molecule has 0 saturated carbocycles. The molecule has 0 aliphatic carbocycles. The van der Waals surface area contributed by atoms with E-state index in [-0.39, 0.29) is 25.3 Å². The normalized spacial score (nSPS) is 18.7. The Labute approximate surface area is 168 Å². The quantitative estimate of drug-likeness (QED) is 0.770. The lowest BCUT2D eigenvalue weighted by Crippen LogP contribution is -2.80. The van der Waals surface area contributed by atoms with E-state index < -0.39 is 47.3 Å². The Morgan fingerprint density at radius 2 is 1.67 bits per heavy atom.